The molecule has 0 aromatic carbocycles. The molecule has 0 aliphatic carbocycles. The van der Waals surface area contributed by atoms with Crippen molar-refractivity contribution in [2.24, 2.45) is 5.92 Å². The minimum atomic E-state index is -0.281. The third kappa shape index (κ3) is 12.7. The van der Waals surface area contributed by atoms with Gasteiger partial charge in [0, 0.05) is 6.08 Å². The normalized spacial score (nSPS) is 13.8. The van der Waals surface area contributed by atoms with E-state index in [1.165, 1.54) is 6.08 Å². The zero-order valence-corrected chi connectivity index (χ0v) is 15.4. The van der Waals surface area contributed by atoms with Crippen molar-refractivity contribution < 1.29 is 14.3 Å². The Morgan fingerprint density at radius 2 is 2.09 bits per heavy atom. The van der Waals surface area contributed by atoms with E-state index in [0.717, 1.165) is 31.3 Å². The highest BCUT2D eigenvalue weighted by molar-refractivity contribution is 5.83. The molecular formula is C20H32O3. The SMILES string of the molecule is C#CCOC(C)(C)CCCC(C)C/C=C/C(C)=C/C(=O)OCC. The number of rotatable bonds is 11. The molecule has 0 saturated carbocycles. The molecule has 0 aromatic rings. The fourth-order valence-electron chi connectivity index (χ4n) is 2.21. The Hall–Kier alpha value is -1.53. The maximum absolute atomic E-state index is 11.3. The second-order valence-corrected chi connectivity index (χ2v) is 6.53. The van der Waals surface area contributed by atoms with Crippen LogP contribution in [0.4, 0.5) is 0 Å². The number of esters is 1. The van der Waals surface area contributed by atoms with E-state index in [-0.39, 0.29) is 11.6 Å². The van der Waals surface area contributed by atoms with Crippen LogP contribution in [0.3, 0.4) is 0 Å². The molecule has 0 heterocycles. The Balaban J connectivity index is 4.03. The average molecular weight is 320 g/mol. The van der Waals surface area contributed by atoms with Gasteiger partial charge < -0.3 is 9.47 Å². The molecule has 0 aromatic heterocycles. The molecule has 0 N–H and O–H groups in total. The van der Waals surface area contributed by atoms with E-state index < -0.39 is 0 Å². The summed E-state index contributed by atoms with van der Waals surface area (Å²) < 4.78 is 10.5. The summed E-state index contributed by atoms with van der Waals surface area (Å²) in [5, 5.41) is 0. The van der Waals surface area contributed by atoms with Gasteiger partial charge in [-0.25, -0.2) is 4.79 Å². The molecule has 3 heteroatoms. The number of terminal acetylenes is 1. The summed E-state index contributed by atoms with van der Waals surface area (Å²) in [4.78, 5) is 11.3. The van der Waals surface area contributed by atoms with Crippen molar-refractivity contribution in [2.45, 2.75) is 65.9 Å². The van der Waals surface area contributed by atoms with Gasteiger partial charge in [-0.15, -0.1) is 6.42 Å². The van der Waals surface area contributed by atoms with Gasteiger partial charge in [-0.05, 0) is 52.0 Å². The van der Waals surface area contributed by atoms with Crippen molar-refractivity contribution in [1.82, 2.24) is 0 Å². The van der Waals surface area contributed by atoms with Crippen molar-refractivity contribution in [2.75, 3.05) is 13.2 Å². The number of allylic oxidation sites excluding steroid dienone is 3. The summed E-state index contributed by atoms with van der Waals surface area (Å²) in [6.45, 7) is 10.9. The summed E-state index contributed by atoms with van der Waals surface area (Å²) in [6.07, 6.45) is 15.1. The third-order valence-corrected chi connectivity index (χ3v) is 3.57. The van der Waals surface area contributed by atoms with Crippen molar-refractivity contribution >= 4 is 5.97 Å². The number of carbonyl (C=O) groups excluding carboxylic acids is 1. The molecule has 0 amide bonds. The molecule has 0 aliphatic heterocycles. The lowest BCUT2D eigenvalue weighted by atomic mass is 9.94. The molecule has 3 nitrogen and oxygen atoms in total. The van der Waals surface area contributed by atoms with Crippen LogP contribution in [0.2, 0.25) is 0 Å². The van der Waals surface area contributed by atoms with Gasteiger partial charge in [0.2, 0.25) is 0 Å². The van der Waals surface area contributed by atoms with Gasteiger partial charge in [-0.1, -0.05) is 37.8 Å². The Morgan fingerprint density at radius 1 is 1.39 bits per heavy atom. The van der Waals surface area contributed by atoms with Gasteiger partial charge >= 0.3 is 5.97 Å². The van der Waals surface area contributed by atoms with E-state index in [1.54, 1.807) is 6.92 Å². The summed E-state index contributed by atoms with van der Waals surface area (Å²) in [7, 11) is 0. The Bertz CT molecular complexity index is 438. The van der Waals surface area contributed by atoms with Crippen molar-refractivity contribution in [3.63, 3.8) is 0 Å². The number of carbonyl (C=O) groups is 1. The van der Waals surface area contributed by atoms with Gasteiger partial charge in [0.1, 0.15) is 6.61 Å². The molecule has 0 saturated heterocycles. The molecule has 0 aliphatic rings. The number of hydrogen-bond donors (Lipinski definition) is 0. The molecule has 0 radical (unpaired) electrons. The third-order valence-electron chi connectivity index (χ3n) is 3.57. The summed E-state index contributed by atoms with van der Waals surface area (Å²) in [5.41, 5.74) is 0.764. The predicted octanol–water partition coefficient (Wildman–Crippen LogP) is 4.68. The van der Waals surface area contributed by atoms with Crippen molar-refractivity contribution in [3.8, 4) is 12.3 Å². The van der Waals surface area contributed by atoms with Gasteiger partial charge in [-0.3, -0.25) is 0 Å². The molecular weight excluding hydrogens is 288 g/mol. The number of hydrogen-bond acceptors (Lipinski definition) is 3. The van der Waals surface area contributed by atoms with Crippen molar-refractivity contribution in [3.05, 3.63) is 23.8 Å². The molecule has 130 valence electrons. The highest BCUT2D eigenvalue weighted by atomic mass is 16.5. The monoisotopic (exact) mass is 320 g/mol. The van der Waals surface area contributed by atoms with Crippen LogP contribution < -0.4 is 0 Å². The second kappa shape index (κ2) is 12.0. The first-order valence-corrected chi connectivity index (χ1v) is 8.39. The molecule has 0 spiro atoms. The van der Waals surface area contributed by atoms with E-state index in [1.807, 2.05) is 13.0 Å². The van der Waals surface area contributed by atoms with E-state index in [9.17, 15) is 4.79 Å². The first kappa shape index (κ1) is 21.5. The Morgan fingerprint density at radius 3 is 2.70 bits per heavy atom. The number of ether oxygens (including phenoxy) is 2. The zero-order valence-electron chi connectivity index (χ0n) is 15.4. The molecule has 0 bridgehead atoms. The Kier molecular flexibility index (Phi) is 11.2. The highest BCUT2D eigenvalue weighted by Gasteiger charge is 2.17. The minimum Gasteiger partial charge on any atom is -0.463 e. The predicted molar refractivity (Wildman–Crippen MR) is 96.0 cm³/mol. The Labute approximate surface area is 142 Å². The second-order valence-electron chi connectivity index (χ2n) is 6.53. The van der Waals surface area contributed by atoms with Crippen molar-refractivity contribution in [1.29, 1.82) is 0 Å². The van der Waals surface area contributed by atoms with E-state index in [4.69, 9.17) is 15.9 Å². The summed E-state index contributed by atoms with van der Waals surface area (Å²) in [5.74, 6) is 2.83. The minimum absolute atomic E-state index is 0.152. The fourth-order valence-corrected chi connectivity index (χ4v) is 2.21. The summed E-state index contributed by atoms with van der Waals surface area (Å²) >= 11 is 0. The molecule has 1 unspecified atom stereocenters. The smallest absolute Gasteiger partial charge is 0.330 e. The van der Waals surface area contributed by atoms with E-state index >= 15 is 0 Å². The first-order chi connectivity index (χ1) is 10.8. The molecule has 0 fully saturated rings. The maximum atomic E-state index is 11.3. The molecule has 0 rings (SSSR count). The average Bonchev–Trinajstić information content (AvgIpc) is 2.45. The van der Waals surface area contributed by atoms with Gasteiger partial charge in [0.05, 0.1) is 12.2 Å². The van der Waals surface area contributed by atoms with E-state index in [2.05, 4.69) is 32.8 Å². The lowest BCUT2D eigenvalue weighted by molar-refractivity contribution is -0.137. The van der Waals surface area contributed by atoms with E-state index in [0.29, 0.717) is 19.1 Å². The van der Waals surface area contributed by atoms with Crippen LogP contribution in [-0.4, -0.2) is 24.8 Å². The van der Waals surface area contributed by atoms with Crippen LogP contribution in [0.1, 0.15) is 60.3 Å². The fraction of sp³-hybridized carbons (Fsp3) is 0.650. The standard InChI is InChI=1S/C20H32O3/c1-7-15-23-20(5,6)14-10-13-17(3)11-9-12-18(4)16-19(21)22-8-2/h1,9,12,16-17H,8,10-11,13-15H2,2-6H3/b12-9+,18-16+. The molecule has 1 atom stereocenters. The maximum Gasteiger partial charge on any atom is 0.330 e. The van der Waals surface area contributed by atoms with Gasteiger partial charge in [0.25, 0.3) is 0 Å². The molecule has 23 heavy (non-hydrogen) atoms. The summed E-state index contributed by atoms with van der Waals surface area (Å²) in [6, 6.07) is 0. The van der Waals surface area contributed by atoms with Crippen LogP contribution in [0.15, 0.2) is 23.8 Å². The topological polar surface area (TPSA) is 35.5 Å². The first-order valence-electron chi connectivity index (χ1n) is 8.39. The zero-order chi connectivity index (χ0) is 17.7. The largest absolute Gasteiger partial charge is 0.463 e. The van der Waals surface area contributed by atoms with Crippen LogP contribution in [0.25, 0.3) is 0 Å². The highest BCUT2D eigenvalue weighted by Crippen LogP contribution is 2.21. The van der Waals surface area contributed by atoms with Crippen LogP contribution >= 0.6 is 0 Å². The van der Waals surface area contributed by atoms with Crippen LogP contribution in [-0.2, 0) is 14.3 Å². The lowest BCUT2D eigenvalue weighted by Gasteiger charge is -2.24. The van der Waals surface area contributed by atoms with Crippen LogP contribution in [0, 0.1) is 18.3 Å². The van der Waals surface area contributed by atoms with Gasteiger partial charge in [-0.2, -0.15) is 0 Å². The lowest BCUT2D eigenvalue weighted by Crippen LogP contribution is -2.24. The van der Waals surface area contributed by atoms with Gasteiger partial charge in [0.15, 0.2) is 0 Å². The van der Waals surface area contributed by atoms with Crippen LogP contribution in [0.5, 0.6) is 0 Å². The quantitative estimate of drug-likeness (QED) is 0.240.